The van der Waals surface area contributed by atoms with Crippen LogP contribution in [-0.4, -0.2) is 41.1 Å². The number of ether oxygens (including phenoxy) is 1. The number of sulfone groups is 1. The minimum Gasteiger partial charge on any atom is -0.486 e. The van der Waals surface area contributed by atoms with Gasteiger partial charge in [0, 0.05) is 12.0 Å². The molecule has 0 aliphatic rings. The zero-order chi connectivity index (χ0) is 18.7. The number of benzene rings is 1. The fraction of sp³-hybridized carbons (Fsp3) is 0.500. The first-order valence-corrected chi connectivity index (χ1v) is 10.8. The average Bonchev–Trinajstić information content (AvgIpc) is 2.84. The smallest absolute Gasteiger partial charge is 0.209 e. The lowest BCUT2D eigenvalue weighted by atomic mass is 9.87. The standard InChI is InChI=1S/C16H24N4O3S2/c1-16(2,3)12-5-7-13(8-6-12)23-11-14-18-19-15(20(14)17)24-9-10-25(4,21)22/h5-8H,9-11,17H2,1-4H3. The first-order chi connectivity index (χ1) is 11.6. The maximum atomic E-state index is 11.1. The van der Waals surface area contributed by atoms with Crippen LogP contribution in [0.15, 0.2) is 29.4 Å². The highest BCUT2D eigenvalue weighted by Gasteiger charge is 2.14. The molecule has 0 bridgehead atoms. The van der Waals surface area contributed by atoms with Crippen molar-refractivity contribution in [3.63, 3.8) is 0 Å². The number of hydrogen-bond donors (Lipinski definition) is 1. The third-order valence-electron chi connectivity index (χ3n) is 3.51. The van der Waals surface area contributed by atoms with E-state index in [0.29, 0.717) is 16.7 Å². The summed E-state index contributed by atoms with van der Waals surface area (Å²) in [6.07, 6.45) is 1.20. The summed E-state index contributed by atoms with van der Waals surface area (Å²) in [4.78, 5) is 0. The summed E-state index contributed by atoms with van der Waals surface area (Å²) in [5.74, 6) is 7.58. The number of hydrogen-bond acceptors (Lipinski definition) is 7. The second-order valence-electron chi connectivity index (χ2n) is 6.81. The summed E-state index contributed by atoms with van der Waals surface area (Å²) >= 11 is 1.25. The highest BCUT2D eigenvalue weighted by molar-refractivity contribution is 8.00. The Morgan fingerprint density at radius 3 is 2.40 bits per heavy atom. The molecule has 0 aliphatic heterocycles. The SMILES string of the molecule is CC(C)(C)c1ccc(OCc2nnc(SCCS(C)(=O)=O)n2N)cc1. The first kappa shape index (κ1) is 19.6. The van der Waals surface area contributed by atoms with Crippen molar-refractivity contribution in [3.8, 4) is 5.75 Å². The van der Waals surface area contributed by atoms with E-state index in [1.807, 2.05) is 24.3 Å². The molecule has 1 aromatic heterocycles. The summed E-state index contributed by atoms with van der Waals surface area (Å²) in [5, 5.41) is 8.43. The van der Waals surface area contributed by atoms with Gasteiger partial charge in [0.1, 0.15) is 22.2 Å². The van der Waals surface area contributed by atoms with Crippen molar-refractivity contribution in [1.82, 2.24) is 14.9 Å². The summed E-state index contributed by atoms with van der Waals surface area (Å²) < 4.78 is 29.3. The van der Waals surface area contributed by atoms with Gasteiger partial charge < -0.3 is 10.6 Å². The molecule has 0 saturated heterocycles. The molecule has 1 heterocycles. The number of rotatable bonds is 7. The van der Waals surface area contributed by atoms with E-state index in [0.717, 1.165) is 5.75 Å². The summed E-state index contributed by atoms with van der Waals surface area (Å²) in [6.45, 7) is 6.65. The average molecular weight is 385 g/mol. The van der Waals surface area contributed by atoms with Crippen LogP contribution < -0.4 is 10.6 Å². The monoisotopic (exact) mass is 384 g/mol. The Morgan fingerprint density at radius 1 is 1.20 bits per heavy atom. The summed E-state index contributed by atoms with van der Waals surface area (Å²) in [5.41, 5.74) is 1.32. The van der Waals surface area contributed by atoms with Crippen LogP contribution in [0.4, 0.5) is 0 Å². The van der Waals surface area contributed by atoms with E-state index in [2.05, 4.69) is 31.0 Å². The molecule has 1 aromatic carbocycles. The molecule has 7 nitrogen and oxygen atoms in total. The van der Waals surface area contributed by atoms with E-state index in [1.54, 1.807) is 0 Å². The lowest BCUT2D eigenvalue weighted by molar-refractivity contribution is 0.291. The predicted molar refractivity (Wildman–Crippen MR) is 100 cm³/mol. The summed E-state index contributed by atoms with van der Waals surface area (Å²) in [7, 11) is -3.00. The lowest BCUT2D eigenvalue weighted by Gasteiger charge is -2.19. The van der Waals surface area contributed by atoms with Crippen LogP contribution in [0.1, 0.15) is 32.2 Å². The minimum atomic E-state index is -3.00. The van der Waals surface area contributed by atoms with E-state index < -0.39 is 9.84 Å². The largest absolute Gasteiger partial charge is 0.486 e. The highest BCUT2D eigenvalue weighted by Crippen LogP contribution is 2.24. The van der Waals surface area contributed by atoms with Gasteiger partial charge in [-0.05, 0) is 23.1 Å². The molecule has 0 unspecified atom stereocenters. The second-order valence-corrected chi connectivity index (χ2v) is 10.1. The number of aromatic nitrogens is 3. The Kier molecular flexibility index (Phi) is 5.99. The van der Waals surface area contributed by atoms with Gasteiger partial charge in [-0.25, -0.2) is 13.1 Å². The zero-order valence-corrected chi connectivity index (χ0v) is 16.5. The van der Waals surface area contributed by atoms with E-state index in [-0.39, 0.29) is 17.8 Å². The molecular formula is C16H24N4O3S2. The Balaban J connectivity index is 1.93. The molecule has 9 heteroatoms. The number of nitrogens with zero attached hydrogens (tertiary/aromatic N) is 3. The third kappa shape index (κ3) is 5.93. The van der Waals surface area contributed by atoms with Crippen molar-refractivity contribution >= 4 is 21.6 Å². The van der Waals surface area contributed by atoms with Gasteiger partial charge in [0.05, 0.1) is 5.75 Å². The van der Waals surface area contributed by atoms with Crippen LogP contribution in [0, 0.1) is 0 Å². The highest BCUT2D eigenvalue weighted by atomic mass is 32.2. The van der Waals surface area contributed by atoms with Crippen molar-refractivity contribution in [2.45, 2.75) is 37.9 Å². The van der Waals surface area contributed by atoms with Gasteiger partial charge in [-0.1, -0.05) is 44.7 Å². The molecule has 0 amide bonds. The molecule has 0 spiro atoms. The van der Waals surface area contributed by atoms with Crippen LogP contribution in [0.25, 0.3) is 0 Å². The second kappa shape index (κ2) is 7.65. The number of nitrogens with two attached hydrogens (primary N) is 1. The van der Waals surface area contributed by atoms with E-state index in [4.69, 9.17) is 10.6 Å². The molecule has 0 saturated carbocycles. The number of thioether (sulfide) groups is 1. The van der Waals surface area contributed by atoms with Crippen LogP contribution >= 0.6 is 11.8 Å². The Bertz CT molecular complexity index is 809. The topological polar surface area (TPSA) is 100 Å². The van der Waals surface area contributed by atoms with E-state index in [9.17, 15) is 8.42 Å². The lowest BCUT2D eigenvalue weighted by Crippen LogP contribution is -2.16. The molecule has 25 heavy (non-hydrogen) atoms. The molecule has 138 valence electrons. The first-order valence-electron chi connectivity index (χ1n) is 7.79. The maximum absolute atomic E-state index is 11.1. The van der Waals surface area contributed by atoms with Crippen molar-refractivity contribution in [2.24, 2.45) is 0 Å². The van der Waals surface area contributed by atoms with E-state index in [1.165, 1.54) is 28.3 Å². The normalized spacial score (nSPS) is 12.3. The van der Waals surface area contributed by atoms with Gasteiger partial charge in [0.15, 0.2) is 5.82 Å². The van der Waals surface area contributed by atoms with E-state index >= 15 is 0 Å². The minimum absolute atomic E-state index is 0.0660. The molecule has 0 radical (unpaired) electrons. The van der Waals surface area contributed by atoms with Gasteiger partial charge in [-0.15, -0.1) is 10.2 Å². The van der Waals surface area contributed by atoms with Crippen molar-refractivity contribution in [2.75, 3.05) is 23.6 Å². The summed E-state index contributed by atoms with van der Waals surface area (Å²) in [6, 6.07) is 7.91. The Morgan fingerprint density at radius 2 is 1.84 bits per heavy atom. The zero-order valence-electron chi connectivity index (χ0n) is 14.9. The molecule has 2 N–H and O–H groups in total. The van der Waals surface area contributed by atoms with Crippen LogP contribution in [0.3, 0.4) is 0 Å². The van der Waals surface area contributed by atoms with Gasteiger partial charge in [-0.2, -0.15) is 0 Å². The van der Waals surface area contributed by atoms with Crippen molar-refractivity contribution in [1.29, 1.82) is 0 Å². The third-order valence-corrected chi connectivity index (χ3v) is 5.66. The molecule has 2 rings (SSSR count). The van der Waals surface area contributed by atoms with Gasteiger partial charge in [-0.3, -0.25) is 0 Å². The molecule has 0 aliphatic carbocycles. The number of nitrogen functional groups attached to an aromatic ring is 1. The quantitative estimate of drug-likeness (QED) is 0.575. The van der Waals surface area contributed by atoms with Crippen molar-refractivity contribution < 1.29 is 13.2 Å². The maximum Gasteiger partial charge on any atom is 0.209 e. The van der Waals surface area contributed by atoms with Gasteiger partial charge >= 0.3 is 0 Å². The molecular weight excluding hydrogens is 360 g/mol. The Hall–Kier alpha value is -1.74. The molecule has 0 atom stereocenters. The fourth-order valence-corrected chi connectivity index (χ4v) is 4.06. The fourth-order valence-electron chi connectivity index (χ4n) is 1.99. The predicted octanol–water partition coefficient (Wildman–Crippen LogP) is 2.01. The van der Waals surface area contributed by atoms with Crippen LogP contribution in [0.2, 0.25) is 0 Å². The van der Waals surface area contributed by atoms with Gasteiger partial charge in [0.2, 0.25) is 5.16 Å². The molecule has 2 aromatic rings. The molecule has 0 fully saturated rings. The van der Waals surface area contributed by atoms with Crippen LogP contribution in [-0.2, 0) is 21.9 Å². The van der Waals surface area contributed by atoms with Gasteiger partial charge in [0.25, 0.3) is 0 Å². The Labute approximate surface area is 152 Å². The van der Waals surface area contributed by atoms with Crippen molar-refractivity contribution in [3.05, 3.63) is 35.7 Å². The van der Waals surface area contributed by atoms with Crippen LogP contribution in [0.5, 0.6) is 5.75 Å².